The van der Waals surface area contributed by atoms with Gasteiger partial charge in [0, 0.05) is 12.1 Å². The van der Waals surface area contributed by atoms with Crippen LogP contribution in [-0.4, -0.2) is 46.8 Å². The van der Waals surface area contributed by atoms with Crippen LogP contribution in [0.15, 0.2) is 48.5 Å². The number of aromatic carboxylic acids is 1. The zero-order valence-corrected chi connectivity index (χ0v) is 15.5. The first kappa shape index (κ1) is 20.2. The van der Waals surface area contributed by atoms with E-state index in [2.05, 4.69) is 9.64 Å². The molecule has 2 aromatic carbocycles. The van der Waals surface area contributed by atoms with E-state index in [-0.39, 0.29) is 23.4 Å². The van der Waals surface area contributed by atoms with Gasteiger partial charge in [0.25, 0.3) is 0 Å². The molecule has 0 radical (unpaired) electrons. The maximum Gasteiger partial charge on any atom is 0.387 e. The first-order valence-corrected chi connectivity index (χ1v) is 9.12. The van der Waals surface area contributed by atoms with Crippen LogP contribution >= 0.6 is 0 Å². The van der Waals surface area contributed by atoms with Crippen molar-refractivity contribution in [2.75, 3.05) is 7.05 Å². The summed E-state index contributed by atoms with van der Waals surface area (Å²) in [4.78, 5) is 13.1. The summed E-state index contributed by atoms with van der Waals surface area (Å²) in [5.74, 6) is -0.883. The van der Waals surface area contributed by atoms with Crippen molar-refractivity contribution in [1.29, 1.82) is 0 Å². The quantitative estimate of drug-likeness (QED) is 0.753. The molecule has 3 unspecified atom stereocenters. The minimum atomic E-state index is -2.87. The molecule has 2 N–H and O–H groups in total. The molecule has 0 aliphatic carbocycles. The third-order valence-corrected chi connectivity index (χ3v) is 5.38. The van der Waals surface area contributed by atoms with Crippen molar-refractivity contribution >= 4 is 5.97 Å². The predicted octanol–water partition coefficient (Wildman–Crippen LogP) is 3.73. The number of aliphatic hydroxyl groups excluding tert-OH is 1. The lowest BCUT2D eigenvalue weighted by Gasteiger charge is -2.29. The van der Waals surface area contributed by atoms with E-state index < -0.39 is 18.7 Å². The summed E-state index contributed by atoms with van der Waals surface area (Å²) in [6.45, 7) is -2.87. The molecule has 3 rings (SSSR count). The van der Waals surface area contributed by atoms with E-state index in [9.17, 15) is 18.7 Å². The number of hydrogen-bond acceptors (Lipinski definition) is 4. The monoisotopic (exact) mass is 391 g/mol. The highest BCUT2D eigenvalue weighted by molar-refractivity contribution is 5.87. The van der Waals surface area contributed by atoms with Crippen molar-refractivity contribution < 1.29 is 28.5 Å². The van der Waals surface area contributed by atoms with Crippen LogP contribution in [0.1, 0.15) is 40.4 Å². The Bertz CT molecular complexity index is 795. The molecule has 3 atom stereocenters. The number of likely N-dealkylation sites (tertiary alicyclic amines) is 1. The van der Waals surface area contributed by atoms with E-state index in [0.717, 1.165) is 24.8 Å². The Morgan fingerprint density at radius 1 is 1.14 bits per heavy atom. The second-order valence-corrected chi connectivity index (χ2v) is 7.06. The molecule has 7 heteroatoms. The number of carbonyl (C=O) groups is 1. The number of ether oxygens (including phenoxy) is 1. The van der Waals surface area contributed by atoms with Crippen LogP contribution in [0.25, 0.3) is 0 Å². The predicted molar refractivity (Wildman–Crippen MR) is 99.7 cm³/mol. The topological polar surface area (TPSA) is 70.0 Å². The van der Waals surface area contributed by atoms with Gasteiger partial charge in [-0.25, -0.2) is 4.79 Å². The van der Waals surface area contributed by atoms with Gasteiger partial charge >= 0.3 is 12.6 Å². The van der Waals surface area contributed by atoms with Gasteiger partial charge in [0.1, 0.15) is 5.75 Å². The van der Waals surface area contributed by atoms with Gasteiger partial charge in [0.2, 0.25) is 0 Å². The summed E-state index contributed by atoms with van der Waals surface area (Å²) < 4.78 is 28.8. The maximum atomic E-state index is 12.3. The third-order valence-electron chi connectivity index (χ3n) is 5.38. The van der Waals surface area contributed by atoms with E-state index >= 15 is 0 Å². The van der Waals surface area contributed by atoms with E-state index in [0.29, 0.717) is 5.56 Å². The number of nitrogens with zero attached hydrogens (tertiary/aromatic N) is 1. The molecule has 5 nitrogen and oxygen atoms in total. The maximum absolute atomic E-state index is 12.3. The van der Waals surface area contributed by atoms with Crippen LogP contribution < -0.4 is 4.74 Å². The van der Waals surface area contributed by atoms with Crippen LogP contribution in [0.3, 0.4) is 0 Å². The molecule has 1 fully saturated rings. The number of aliphatic hydroxyl groups is 1. The van der Waals surface area contributed by atoms with Crippen LogP contribution in [0, 0.1) is 0 Å². The van der Waals surface area contributed by atoms with Gasteiger partial charge in [-0.1, -0.05) is 24.3 Å². The van der Waals surface area contributed by atoms with E-state index in [1.165, 1.54) is 12.1 Å². The zero-order chi connectivity index (χ0) is 20.3. The van der Waals surface area contributed by atoms with Gasteiger partial charge in [-0.05, 0) is 61.7 Å². The molecule has 0 amide bonds. The Labute approximate surface area is 162 Å². The number of benzene rings is 2. The highest BCUT2D eigenvalue weighted by Crippen LogP contribution is 2.34. The Hall–Kier alpha value is -2.51. The molecule has 1 heterocycles. The van der Waals surface area contributed by atoms with Crippen molar-refractivity contribution in [1.82, 2.24) is 4.90 Å². The lowest BCUT2D eigenvalue weighted by Crippen LogP contribution is -2.37. The van der Waals surface area contributed by atoms with Gasteiger partial charge < -0.3 is 14.9 Å². The molecule has 2 aromatic rings. The lowest BCUT2D eigenvalue weighted by atomic mass is 10.0. The van der Waals surface area contributed by atoms with Gasteiger partial charge in [-0.3, -0.25) is 4.90 Å². The van der Waals surface area contributed by atoms with Crippen LogP contribution in [-0.2, 0) is 6.42 Å². The van der Waals surface area contributed by atoms with E-state index in [4.69, 9.17) is 5.11 Å². The second kappa shape index (κ2) is 8.67. The highest BCUT2D eigenvalue weighted by atomic mass is 19.3. The Morgan fingerprint density at radius 2 is 1.79 bits per heavy atom. The molecule has 28 heavy (non-hydrogen) atoms. The first-order chi connectivity index (χ1) is 13.3. The molecular formula is C21H23F2NO4. The molecule has 0 saturated carbocycles. The van der Waals surface area contributed by atoms with Gasteiger partial charge in [0.05, 0.1) is 11.7 Å². The summed E-state index contributed by atoms with van der Waals surface area (Å²) >= 11 is 0. The third kappa shape index (κ3) is 4.66. The van der Waals surface area contributed by atoms with Crippen molar-refractivity contribution in [2.45, 2.75) is 44.1 Å². The van der Waals surface area contributed by atoms with Gasteiger partial charge in [-0.2, -0.15) is 8.78 Å². The molecule has 1 aliphatic rings. The fourth-order valence-electron chi connectivity index (χ4n) is 3.79. The fraction of sp³-hybridized carbons (Fsp3) is 0.381. The number of rotatable bonds is 7. The number of likely N-dealkylation sites (N-methyl/N-ethyl adjacent to an activating group) is 1. The SMILES string of the molecule is CN1C(Cc2ccc(C(=O)O)cc2)CCC1C(O)c1ccc(OC(F)F)cc1. The minimum Gasteiger partial charge on any atom is -0.478 e. The number of carboxylic acid groups (broad SMARTS) is 1. The van der Waals surface area contributed by atoms with Crippen LogP contribution in [0.4, 0.5) is 8.78 Å². The number of carboxylic acids is 1. The summed E-state index contributed by atoms with van der Waals surface area (Å²) in [6.07, 6.45) is 1.75. The molecule has 0 bridgehead atoms. The standard InChI is InChI=1S/C21H23F2NO4/c1-24-16(12-13-2-4-15(5-3-13)20(26)27)8-11-18(24)19(25)14-6-9-17(10-7-14)28-21(22)23/h2-7,9-10,16,18-19,21,25H,8,11-12H2,1H3,(H,26,27). The molecule has 1 aliphatic heterocycles. The normalized spacial score (nSPS) is 21.0. The molecule has 150 valence electrons. The van der Waals surface area contributed by atoms with Crippen molar-refractivity contribution in [3.05, 3.63) is 65.2 Å². The Kier molecular flexibility index (Phi) is 6.26. The summed E-state index contributed by atoms with van der Waals surface area (Å²) in [6, 6.07) is 13.1. The van der Waals surface area contributed by atoms with Crippen molar-refractivity contribution in [3.8, 4) is 5.75 Å². The van der Waals surface area contributed by atoms with Crippen molar-refractivity contribution in [3.63, 3.8) is 0 Å². The summed E-state index contributed by atoms with van der Waals surface area (Å²) in [5, 5.41) is 19.7. The Morgan fingerprint density at radius 3 is 2.36 bits per heavy atom. The average molecular weight is 391 g/mol. The fourth-order valence-corrected chi connectivity index (χ4v) is 3.79. The molecule has 0 spiro atoms. The lowest BCUT2D eigenvalue weighted by molar-refractivity contribution is -0.0498. The smallest absolute Gasteiger partial charge is 0.387 e. The number of alkyl halides is 2. The largest absolute Gasteiger partial charge is 0.478 e. The highest BCUT2D eigenvalue weighted by Gasteiger charge is 2.35. The van der Waals surface area contributed by atoms with Gasteiger partial charge in [-0.15, -0.1) is 0 Å². The molecular weight excluding hydrogens is 368 g/mol. The summed E-state index contributed by atoms with van der Waals surface area (Å²) in [7, 11) is 1.96. The van der Waals surface area contributed by atoms with Crippen molar-refractivity contribution in [2.24, 2.45) is 0 Å². The number of hydrogen-bond donors (Lipinski definition) is 2. The summed E-state index contributed by atoms with van der Waals surface area (Å²) in [5.41, 5.74) is 1.96. The second-order valence-electron chi connectivity index (χ2n) is 7.06. The van der Waals surface area contributed by atoms with Crippen LogP contribution in [0.5, 0.6) is 5.75 Å². The first-order valence-electron chi connectivity index (χ1n) is 9.12. The molecule has 0 aromatic heterocycles. The molecule has 1 saturated heterocycles. The van der Waals surface area contributed by atoms with E-state index in [1.54, 1.807) is 24.3 Å². The average Bonchev–Trinajstić information content (AvgIpc) is 3.02. The minimum absolute atomic E-state index is 0.0633. The van der Waals surface area contributed by atoms with E-state index in [1.807, 2.05) is 19.2 Å². The number of halogens is 2. The Balaban J connectivity index is 1.62. The van der Waals surface area contributed by atoms with Crippen LogP contribution in [0.2, 0.25) is 0 Å². The van der Waals surface area contributed by atoms with Gasteiger partial charge in [0.15, 0.2) is 0 Å². The zero-order valence-electron chi connectivity index (χ0n) is 15.5.